The van der Waals surface area contributed by atoms with Crippen LogP contribution in [0.4, 0.5) is 0 Å². The van der Waals surface area contributed by atoms with Crippen LogP contribution in [0.15, 0.2) is 12.3 Å². The Balaban J connectivity index is 2.11. The van der Waals surface area contributed by atoms with Gasteiger partial charge in [0.1, 0.15) is 11.5 Å². The van der Waals surface area contributed by atoms with Crippen molar-refractivity contribution in [1.82, 2.24) is 15.0 Å². The Morgan fingerprint density at radius 1 is 1.00 bits per heavy atom. The molecule has 0 bridgehead atoms. The molecule has 0 saturated heterocycles. The third kappa shape index (κ3) is 3.79. The van der Waals surface area contributed by atoms with Crippen molar-refractivity contribution in [3.8, 4) is 11.4 Å². The Labute approximate surface area is 116 Å². The van der Waals surface area contributed by atoms with Gasteiger partial charge in [0, 0.05) is 12.6 Å². The Kier molecular flexibility index (Phi) is 5.37. The monoisotopic (exact) mass is 259 g/mol. The van der Waals surface area contributed by atoms with Gasteiger partial charge in [-0.05, 0) is 25.3 Å². The number of aryl methyl sites for hydroxylation is 2. The van der Waals surface area contributed by atoms with E-state index >= 15 is 0 Å². The zero-order chi connectivity index (χ0) is 13.5. The fraction of sp³-hybridized carbons (Fsp3) is 0.625. The molecule has 0 unspecified atom stereocenters. The Morgan fingerprint density at radius 2 is 1.74 bits per heavy atom. The van der Waals surface area contributed by atoms with Crippen LogP contribution in [0.1, 0.15) is 63.9 Å². The average molecular weight is 259 g/mol. The number of nitrogens with one attached hydrogen (secondary N) is 1. The van der Waals surface area contributed by atoms with Gasteiger partial charge in [-0.2, -0.15) is 0 Å². The average Bonchev–Trinajstić information content (AvgIpc) is 2.88. The molecule has 2 aliphatic rings. The van der Waals surface area contributed by atoms with Gasteiger partial charge in [-0.25, -0.2) is 4.98 Å². The van der Waals surface area contributed by atoms with E-state index in [0.717, 1.165) is 30.1 Å². The molecular weight excluding hydrogens is 234 g/mol. The molecule has 3 nitrogen and oxygen atoms in total. The fourth-order valence-corrected chi connectivity index (χ4v) is 2.44. The quantitative estimate of drug-likeness (QED) is 0.715. The van der Waals surface area contributed by atoms with Crippen LogP contribution >= 0.6 is 0 Å². The molecule has 0 radical (unpaired) electrons. The summed E-state index contributed by atoms with van der Waals surface area (Å²) in [7, 11) is 0. The van der Waals surface area contributed by atoms with Crippen LogP contribution in [-0.2, 0) is 12.8 Å². The predicted octanol–water partition coefficient (Wildman–Crippen LogP) is 4.37. The Bertz CT molecular complexity index is 461. The van der Waals surface area contributed by atoms with Gasteiger partial charge >= 0.3 is 0 Å². The topological polar surface area (TPSA) is 41.6 Å². The third-order valence-electron chi connectivity index (χ3n) is 3.56. The van der Waals surface area contributed by atoms with E-state index < -0.39 is 0 Å². The standard InChI is InChI=1S/C16H25N3/c1-3-5-7-9-13-16-14(11-12-17-16)19-15(18-13)10-8-6-4-2/h11-12H,3-10H2,1-2H3,(H,18,19). The molecule has 0 aromatic heterocycles. The molecule has 19 heavy (non-hydrogen) atoms. The second-order valence-electron chi connectivity index (χ2n) is 5.25. The van der Waals surface area contributed by atoms with Crippen molar-refractivity contribution < 1.29 is 0 Å². The van der Waals surface area contributed by atoms with Gasteiger partial charge in [-0.15, -0.1) is 0 Å². The van der Waals surface area contributed by atoms with Crippen molar-refractivity contribution in [2.45, 2.75) is 65.2 Å². The highest BCUT2D eigenvalue weighted by Gasteiger charge is 2.13. The van der Waals surface area contributed by atoms with Crippen LogP contribution in [0.3, 0.4) is 0 Å². The molecule has 0 fully saturated rings. The number of hydrogen-bond donors (Lipinski definition) is 1. The molecule has 1 N–H and O–H groups in total. The molecule has 0 aromatic rings. The van der Waals surface area contributed by atoms with E-state index in [2.05, 4.69) is 29.9 Å². The highest BCUT2D eigenvalue weighted by molar-refractivity contribution is 5.58. The molecule has 0 aliphatic carbocycles. The Morgan fingerprint density at radius 3 is 2.47 bits per heavy atom. The van der Waals surface area contributed by atoms with Gasteiger partial charge in [0.2, 0.25) is 0 Å². The van der Waals surface area contributed by atoms with E-state index in [1.165, 1.54) is 44.2 Å². The Hall–Kier alpha value is -1.38. The van der Waals surface area contributed by atoms with Crippen LogP contribution in [0.5, 0.6) is 0 Å². The van der Waals surface area contributed by atoms with Crippen LogP contribution in [0.25, 0.3) is 11.4 Å². The minimum Gasteiger partial charge on any atom is -0.342 e. The number of aromatic amines is 1. The van der Waals surface area contributed by atoms with Crippen molar-refractivity contribution in [3.63, 3.8) is 0 Å². The number of H-pyrrole nitrogens is 1. The van der Waals surface area contributed by atoms with E-state index in [4.69, 9.17) is 4.98 Å². The predicted molar refractivity (Wildman–Crippen MR) is 79.5 cm³/mol. The van der Waals surface area contributed by atoms with Crippen LogP contribution in [0, 0.1) is 0 Å². The molecule has 0 saturated carbocycles. The molecule has 2 heterocycles. The fourth-order valence-electron chi connectivity index (χ4n) is 2.44. The third-order valence-corrected chi connectivity index (χ3v) is 3.56. The summed E-state index contributed by atoms with van der Waals surface area (Å²) in [5.74, 6) is 1.13. The normalized spacial score (nSPS) is 11.3. The molecule has 0 aromatic carbocycles. The first-order valence-electron chi connectivity index (χ1n) is 7.67. The van der Waals surface area contributed by atoms with Crippen molar-refractivity contribution in [2.24, 2.45) is 0 Å². The summed E-state index contributed by atoms with van der Waals surface area (Å²) >= 11 is 0. The SMILES string of the molecule is CCCCCc1nc(CCCCC)c2nccc-2[nH]1. The van der Waals surface area contributed by atoms with Gasteiger partial charge in [-0.3, -0.25) is 4.98 Å². The lowest BCUT2D eigenvalue weighted by atomic mass is 10.1. The highest BCUT2D eigenvalue weighted by Crippen LogP contribution is 2.23. The first kappa shape index (κ1) is 14.0. The van der Waals surface area contributed by atoms with E-state index in [0.29, 0.717) is 0 Å². The van der Waals surface area contributed by atoms with E-state index in [-0.39, 0.29) is 0 Å². The minimum absolute atomic E-state index is 1.05. The molecule has 3 heteroatoms. The molecule has 2 rings (SSSR count). The summed E-state index contributed by atoms with van der Waals surface area (Å²) in [6, 6.07) is 2.06. The van der Waals surface area contributed by atoms with Crippen molar-refractivity contribution >= 4 is 0 Å². The summed E-state index contributed by atoms with van der Waals surface area (Å²) in [6.07, 6.45) is 11.5. The maximum atomic E-state index is 4.80. The maximum absolute atomic E-state index is 4.80. The number of nitrogens with zero attached hydrogens (tertiary/aromatic N) is 2. The van der Waals surface area contributed by atoms with Gasteiger partial charge in [0.15, 0.2) is 0 Å². The summed E-state index contributed by atoms with van der Waals surface area (Å²) in [4.78, 5) is 12.7. The van der Waals surface area contributed by atoms with Crippen molar-refractivity contribution in [2.75, 3.05) is 0 Å². The van der Waals surface area contributed by atoms with Crippen molar-refractivity contribution in [3.05, 3.63) is 23.8 Å². The zero-order valence-corrected chi connectivity index (χ0v) is 12.2. The van der Waals surface area contributed by atoms with Crippen LogP contribution in [-0.4, -0.2) is 15.0 Å². The van der Waals surface area contributed by atoms with E-state index in [9.17, 15) is 0 Å². The van der Waals surface area contributed by atoms with Gasteiger partial charge < -0.3 is 4.98 Å². The van der Waals surface area contributed by atoms with Crippen LogP contribution in [0.2, 0.25) is 0 Å². The smallest absolute Gasteiger partial charge is 0.108 e. The minimum atomic E-state index is 1.05. The van der Waals surface area contributed by atoms with E-state index in [1.807, 2.05) is 6.20 Å². The first-order chi connectivity index (χ1) is 9.35. The number of hydrogen-bond acceptors (Lipinski definition) is 2. The summed E-state index contributed by atoms with van der Waals surface area (Å²) in [5, 5.41) is 0. The highest BCUT2D eigenvalue weighted by atomic mass is 14.9. The first-order valence-corrected chi connectivity index (χ1v) is 7.67. The number of unbranched alkanes of at least 4 members (excludes halogenated alkanes) is 4. The lowest BCUT2D eigenvalue weighted by Crippen LogP contribution is -2.04. The zero-order valence-electron chi connectivity index (χ0n) is 12.2. The van der Waals surface area contributed by atoms with Gasteiger partial charge in [-0.1, -0.05) is 39.5 Å². The summed E-state index contributed by atoms with van der Waals surface area (Å²) in [6.45, 7) is 4.47. The molecule has 0 amide bonds. The second kappa shape index (κ2) is 7.27. The van der Waals surface area contributed by atoms with E-state index in [1.54, 1.807) is 0 Å². The largest absolute Gasteiger partial charge is 0.342 e. The van der Waals surface area contributed by atoms with Crippen molar-refractivity contribution in [1.29, 1.82) is 0 Å². The number of aromatic nitrogens is 3. The maximum Gasteiger partial charge on any atom is 0.108 e. The number of rotatable bonds is 8. The molecule has 0 atom stereocenters. The van der Waals surface area contributed by atoms with Gasteiger partial charge in [0.05, 0.1) is 11.4 Å². The van der Waals surface area contributed by atoms with Gasteiger partial charge in [0.25, 0.3) is 0 Å². The second-order valence-corrected chi connectivity index (χ2v) is 5.25. The van der Waals surface area contributed by atoms with Crippen LogP contribution < -0.4 is 0 Å². The molecule has 104 valence electrons. The summed E-state index contributed by atoms with van der Waals surface area (Å²) in [5.41, 5.74) is 3.39. The lowest BCUT2D eigenvalue weighted by Gasteiger charge is -2.10. The summed E-state index contributed by atoms with van der Waals surface area (Å²) < 4.78 is 0. The lowest BCUT2D eigenvalue weighted by molar-refractivity contribution is 0.675. The molecule has 2 aliphatic heterocycles. The molecule has 0 spiro atoms. The molecular formula is C16H25N3. The number of fused-ring (bicyclic) bond motifs is 1.